The number of rotatable bonds is 2. The number of hydrogen-bond donors (Lipinski definition) is 0. The van der Waals surface area contributed by atoms with Crippen LogP contribution in [0.15, 0.2) is 47.2 Å². The SMILES string of the molecule is O=C(c1ccccc1)N1CCCCC1c1ccsc1. The van der Waals surface area contributed by atoms with Crippen molar-refractivity contribution in [3.63, 3.8) is 0 Å². The predicted molar refractivity (Wildman–Crippen MR) is 78.4 cm³/mol. The van der Waals surface area contributed by atoms with Crippen LogP contribution in [-0.2, 0) is 0 Å². The summed E-state index contributed by atoms with van der Waals surface area (Å²) in [6.07, 6.45) is 3.40. The van der Waals surface area contributed by atoms with E-state index in [4.69, 9.17) is 0 Å². The molecule has 0 spiro atoms. The first kappa shape index (κ1) is 12.4. The number of nitrogens with zero attached hydrogens (tertiary/aromatic N) is 1. The molecule has 1 aliphatic heterocycles. The predicted octanol–water partition coefficient (Wildman–Crippen LogP) is 4.12. The zero-order valence-corrected chi connectivity index (χ0v) is 11.6. The van der Waals surface area contributed by atoms with E-state index in [1.807, 2.05) is 35.2 Å². The largest absolute Gasteiger partial charge is 0.332 e. The smallest absolute Gasteiger partial charge is 0.254 e. The molecular weight excluding hydrogens is 254 g/mol. The quantitative estimate of drug-likeness (QED) is 0.804. The molecule has 0 aliphatic carbocycles. The molecule has 0 saturated carbocycles. The second-order valence-electron chi connectivity index (χ2n) is 4.93. The van der Waals surface area contributed by atoms with Gasteiger partial charge in [-0.2, -0.15) is 11.3 Å². The van der Waals surface area contributed by atoms with E-state index >= 15 is 0 Å². The first-order valence-corrected chi connectivity index (χ1v) is 7.68. The lowest BCUT2D eigenvalue weighted by atomic mass is 9.96. The highest BCUT2D eigenvalue weighted by atomic mass is 32.1. The highest BCUT2D eigenvalue weighted by Crippen LogP contribution is 2.33. The van der Waals surface area contributed by atoms with Crippen LogP contribution in [0.1, 0.15) is 41.2 Å². The summed E-state index contributed by atoms with van der Waals surface area (Å²) < 4.78 is 0. The van der Waals surface area contributed by atoms with Gasteiger partial charge in [-0.3, -0.25) is 4.79 Å². The summed E-state index contributed by atoms with van der Waals surface area (Å²) in [5.74, 6) is 0.163. The van der Waals surface area contributed by atoms with Gasteiger partial charge in [-0.25, -0.2) is 0 Å². The topological polar surface area (TPSA) is 20.3 Å². The van der Waals surface area contributed by atoms with Gasteiger partial charge >= 0.3 is 0 Å². The molecule has 1 atom stereocenters. The first-order valence-electron chi connectivity index (χ1n) is 6.74. The summed E-state index contributed by atoms with van der Waals surface area (Å²) >= 11 is 1.70. The van der Waals surface area contributed by atoms with Crippen LogP contribution in [0.2, 0.25) is 0 Å². The van der Waals surface area contributed by atoms with Crippen LogP contribution >= 0.6 is 11.3 Å². The minimum atomic E-state index is 0.163. The molecule has 0 N–H and O–H groups in total. The number of carbonyl (C=O) groups excluding carboxylic acids is 1. The lowest BCUT2D eigenvalue weighted by Crippen LogP contribution is -2.38. The molecule has 1 aromatic heterocycles. The number of piperidine rings is 1. The van der Waals surface area contributed by atoms with Crippen molar-refractivity contribution < 1.29 is 4.79 Å². The van der Waals surface area contributed by atoms with E-state index in [0.717, 1.165) is 24.9 Å². The van der Waals surface area contributed by atoms with E-state index in [1.165, 1.54) is 12.0 Å². The molecule has 3 heteroatoms. The number of amides is 1. The van der Waals surface area contributed by atoms with Gasteiger partial charge in [-0.15, -0.1) is 0 Å². The Kier molecular flexibility index (Phi) is 3.65. The Morgan fingerprint density at radius 3 is 2.74 bits per heavy atom. The number of thiophene rings is 1. The maximum atomic E-state index is 12.6. The summed E-state index contributed by atoms with van der Waals surface area (Å²) in [4.78, 5) is 14.7. The molecule has 2 heterocycles. The van der Waals surface area contributed by atoms with Crippen molar-refractivity contribution in [1.82, 2.24) is 4.90 Å². The number of likely N-dealkylation sites (tertiary alicyclic amines) is 1. The fourth-order valence-electron chi connectivity index (χ4n) is 2.73. The molecule has 1 fully saturated rings. The Balaban J connectivity index is 1.87. The van der Waals surface area contributed by atoms with Crippen LogP contribution < -0.4 is 0 Å². The number of hydrogen-bond acceptors (Lipinski definition) is 2. The van der Waals surface area contributed by atoms with Crippen molar-refractivity contribution in [3.8, 4) is 0 Å². The molecule has 3 rings (SSSR count). The molecule has 1 aliphatic rings. The Labute approximate surface area is 117 Å². The average Bonchev–Trinajstić information content (AvgIpc) is 3.01. The van der Waals surface area contributed by atoms with Crippen LogP contribution in [0.4, 0.5) is 0 Å². The Morgan fingerprint density at radius 1 is 1.16 bits per heavy atom. The number of benzene rings is 1. The summed E-state index contributed by atoms with van der Waals surface area (Å²) in [5, 5.41) is 4.26. The molecule has 2 aromatic rings. The average molecular weight is 271 g/mol. The van der Waals surface area contributed by atoms with Crippen LogP contribution in [-0.4, -0.2) is 17.4 Å². The zero-order valence-electron chi connectivity index (χ0n) is 10.8. The molecule has 0 bridgehead atoms. The van der Waals surface area contributed by atoms with Crippen molar-refractivity contribution in [3.05, 3.63) is 58.3 Å². The highest BCUT2D eigenvalue weighted by molar-refractivity contribution is 7.07. The van der Waals surface area contributed by atoms with Gasteiger partial charge < -0.3 is 4.90 Å². The molecule has 1 saturated heterocycles. The molecule has 19 heavy (non-hydrogen) atoms. The maximum Gasteiger partial charge on any atom is 0.254 e. The Morgan fingerprint density at radius 2 is 2.00 bits per heavy atom. The van der Waals surface area contributed by atoms with E-state index in [2.05, 4.69) is 16.8 Å². The molecule has 2 nitrogen and oxygen atoms in total. The standard InChI is InChI=1S/C16H17NOS/c18-16(13-6-2-1-3-7-13)17-10-5-4-8-15(17)14-9-11-19-12-14/h1-3,6-7,9,11-12,15H,4-5,8,10H2. The minimum Gasteiger partial charge on any atom is -0.332 e. The lowest BCUT2D eigenvalue weighted by molar-refractivity contribution is 0.0612. The summed E-state index contributed by atoms with van der Waals surface area (Å²) in [6, 6.07) is 12.0. The van der Waals surface area contributed by atoms with Crippen LogP contribution in [0.3, 0.4) is 0 Å². The Bertz CT molecular complexity index is 535. The molecular formula is C16H17NOS. The summed E-state index contributed by atoms with van der Waals surface area (Å²) in [6.45, 7) is 0.869. The monoisotopic (exact) mass is 271 g/mol. The molecule has 1 unspecified atom stereocenters. The van der Waals surface area contributed by atoms with E-state index in [-0.39, 0.29) is 11.9 Å². The molecule has 1 aromatic carbocycles. The second kappa shape index (κ2) is 5.57. The van der Waals surface area contributed by atoms with E-state index in [9.17, 15) is 4.79 Å². The van der Waals surface area contributed by atoms with Crippen LogP contribution in [0.25, 0.3) is 0 Å². The van der Waals surface area contributed by atoms with Crippen LogP contribution in [0.5, 0.6) is 0 Å². The van der Waals surface area contributed by atoms with Gasteiger partial charge in [-0.05, 0) is 53.8 Å². The minimum absolute atomic E-state index is 0.163. The van der Waals surface area contributed by atoms with Crippen molar-refractivity contribution >= 4 is 17.2 Å². The summed E-state index contributed by atoms with van der Waals surface area (Å²) in [7, 11) is 0. The molecule has 0 radical (unpaired) electrons. The third-order valence-corrected chi connectivity index (χ3v) is 4.41. The van der Waals surface area contributed by atoms with Gasteiger partial charge in [0.2, 0.25) is 0 Å². The van der Waals surface area contributed by atoms with Gasteiger partial charge in [-0.1, -0.05) is 18.2 Å². The van der Waals surface area contributed by atoms with Crippen molar-refractivity contribution in [2.75, 3.05) is 6.54 Å². The van der Waals surface area contributed by atoms with Gasteiger partial charge in [0.05, 0.1) is 6.04 Å². The lowest BCUT2D eigenvalue weighted by Gasteiger charge is -2.35. The fourth-order valence-corrected chi connectivity index (χ4v) is 3.44. The maximum absolute atomic E-state index is 12.6. The van der Waals surface area contributed by atoms with Gasteiger partial charge in [0.15, 0.2) is 0 Å². The van der Waals surface area contributed by atoms with E-state index < -0.39 is 0 Å². The van der Waals surface area contributed by atoms with Crippen molar-refractivity contribution in [1.29, 1.82) is 0 Å². The zero-order chi connectivity index (χ0) is 13.1. The third-order valence-electron chi connectivity index (χ3n) is 3.71. The van der Waals surface area contributed by atoms with E-state index in [0.29, 0.717) is 0 Å². The second-order valence-corrected chi connectivity index (χ2v) is 5.71. The fraction of sp³-hybridized carbons (Fsp3) is 0.312. The normalized spacial score (nSPS) is 19.4. The highest BCUT2D eigenvalue weighted by Gasteiger charge is 2.28. The van der Waals surface area contributed by atoms with Gasteiger partial charge in [0, 0.05) is 12.1 Å². The third kappa shape index (κ3) is 2.56. The van der Waals surface area contributed by atoms with Crippen LogP contribution in [0, 0.1) is 0 Å². The van der Waals surface area contributed by atoms with Crippen molar-refractivity contribution in [2.24, 2.45) is 0 Å². The van der Waals surface area contributed by atoms with E-state index in [1.54, 1.807) is 11.3 Å². The summed E-state index contributed by atoms with van der Waals surface area (Å²) in [5.41, 5.74) is 2.08. The Hall–Kier alpha value is -1.61. The first-order chi connectivity index (χ1) is 9.36. The molecule has 98 valence electrons. The molecule has 1 amide bonds. The van der Waals surface area contributed by atoms with Crippen molar-refractivity contribution in [2.45, 2.75) is 25.3 Å². The number of carbonyl (C=O) groups is 1. The van der Waals surface area contributed by atoms with Gasteiger partial charge in [0.1, 0.15) is 0 Å². The van der Waals surface area contributed by atoms with Gasteiger partial charge in [0.25, 0.3) is 5.91 Å².